The molecule has 0 saturated heterocycles. The van der Waals surface area contributed by atoms with Crippen molar-refractivity contribution in [3.63, 3.8) is 0 Å². The Labute approximate surface area is 163 Å². The van der Waals surface area contributed by atoms with Gasteiger partial charge in [-0.3, -0.25) is 14.3 Å². The molecule has 0 bridgehead atoms. The van der Waals surface area contributed by atoms with E-state index in [9.17, 15) is 9.59 Å². The van der Waals surface area contributed by atoms with E-state index in [2.05, 4.69) is 26.2 Å². The van der Waals surface area contributed by atoms with Gasteiger partial charge in [-0.05, 0) is 48.5 Å². The van der Waals surface area contributed by atoms with Crippen molar-refractivity contribution in [1.82, 2.24) is 14.3 Å². The smallest absolute Gasteiger partial charge is 0.280 e. The number of carbonyl (C=O) groups excluding carboxylic acids is 1. The standard InChI is InChI=1S/C20H15BrN4O2/c21-14-8-10-15(11-9-14)23-18(26)13-24-19-17(7-4-12-22-19)20(27)25(24)16-5-2-1-3-6-16/h1-12H,13H2,(H,23,26). The lowest BCUT2D eigenvalue weighted by Crippen LogP contribution is -2.27. The van der Waals surface area contributed by atoms with Crippen LogP contribution in [0.1, 0.15) is 0 Å². The molecule has 1 N–H and O–H groups in total. The van der Waals surface area contributed by atoms with E-state index < -0.39 is 0 Å². The van der Waals surface area contributed by atoms with Gasteiger partial charge in [0.1, 0.15) is 6.54 Å². The van der Waals surface area contributed by atoms with Gasteiger partial charge in [0, 0.05) is 16.4 Å². The predicted molar refractivity (Wildman–Crippen MR) is 108 cm³/mol. The van der Waals surface area contributed by atoms with Gasteiger partial charge in [0.2, 0.25) is 5.91 Å². The maximum Gasteiger partial charge on any atom is 0.280 e. The van der Waals surface area contributed by atoms with Crippen LogP contribution in [-0.2, 0) is 11.3 Å². The van der Waals surface area contributed by atoms with Crippen LogP contribution in [0.25, 0.3) is 16.7 Å². The Morgan fingerprint density at radius 2 is 1.74 bits per heavy atom. The molecule has 6 nitrogen and oxygen atoms in total. The van der Waals surface area contributed by atoms with Crippen LogP contribution < -0.4 is 10.9 Å². The van der Waals surface area contributed by atoms with Gasteiger partial charge in [0.25, 0.3) is 5.56 Å². The number of nitrogens with zero attached hydrogens (tertiary/aromatic N) is 3. The number of fused-ring (bicyclic) bond motifs is 1. The van der Waals surface area contributed by atoms with Crippen LogP contribution in [0.15, 0.2) is 82.2 Å². The first-order valence-electron chi connectivity index (χ1n) is 8.31. The molecular weight excluding hydrogens is 408 g/mol. The molecule has 0 unspecified atom stereocenters. The molecule has 0 radical (unpaired) electrons. The van der Waals surface area contributed by atoms with E-state index in [1.807, 2.05) is 42.5 Å². The van der Waals surface area contributed by atoms with Crippen LogP contribution in [0, 0.1) is 0 Å². The molecule has 0 aliphatic carbocycles. The number of hydrogen-bond acceptors (Lipinski definition) is 3. The van der Waals surface area contributed by atoms with E-state index in [1.54, 1.807) is 35.1 Å². The van der Waals surface area contributed by atoms with Gasteiger partial charge in [0.15, 0.2) is 5.65 Å². The summed E-state index contributed by atoms with van der Waals surface area (Å²) in [6, 6.07) is 19.9. The molecular formula is C20H15BrN4O2. The number of amides is 1. The van der Waals surface area contributed by atoms with Crippen molar-refractivity contribution >= 4 is 38.6 Å². The second-order valence-corrected chi connectivity index (χ2v) is 6.86. The first-order valence-corrected chi connectivity index (χ1v) is 9.10. The highest BCUT2D eigenvalue weighted by Crippen LogP contribution is 2.16. The van der Waals surface area contributed by atoms with Gasteiger partial charge in [-0.1, -0.05) is 34.1 Å². The summed E-state index contributed by atoms with van der Waals surface area (Å²) in [7, 11) is 0. The molecule has 4 rings (SSSR count). The summed E-state index contributed by atoms with van der Waals surface area (Å²) in [4.78, 5) is 29.8. The normalized spacial score (nSPS) is 10.9. The molecule has 0 spiro atoms. The Kier molecular flexibility index (Phi) is 4.60. The maximum atomic E-state index is 12.9. The van der Waals surface area contributed by atoms with Crippen molar-refractivity contribution in [2.45, 2.75) is 6.54 Å². The van der Waals surface area contributed by atoms with Crippen molar-refractivity contribution in [3.05, 3.63) is 87.8 Å². The molecule has 0 saturated carbocycles. The minimum absolute atomic E-state index is 0.0410. The molecule has 2 heterocycles. The van der Waals surface area contributed by atoms with Gasteiger partial charge < -0.3 is 5.32 Å². The largest absolute Gasteiger partial charge is 0.324 e. The number of rotatable bonds is 4. The van der Waals surface area contributed by atoms with Crippen molar-refractivity contribution in [2.75, 3.05) is 5.32 Å². The SMILES string of the molecule is O=C(Cn1c2ncccc2c(=O)n1-c1ccccc1)Nc1ccc(Br)cc1. The highest BCUT2D eigenvalue weighted by Gasteiger charge is 2.17. The van der Waals surface area contributed by atoms with E-state index in [4.69, 9.17) is 0 Å². The summed E-state index contributed by atoms with van der Waals surface area (Å²) in [6.07, 6.45) is 1.61. The fraction of sp³-hybridized carbons (Fsp3) is 0.0500. The maximum absolute atomic E-state index is 12.9. The minimum Gasteiger partial charge on any atom is -0.324 e. The molecule has 0 fully saturated rings. The Balaban J connectivity index is 1.75. The number of hydrogen-bond donors (Lipinski definition) is 1. The summed E-state index contributed by atoms with van der Waals surface area (Å²) < 4.78 is 4.01. The number of benzene rings is 2. The molecule has 2 aromatic carbocycles. The topological polar surface area (TPSA) is 68.9 Å². The fourth-order valence-corrected chi connectivity index (χ4v) is 3.19. The number of para-hydroxylation sites is 1. The van der Waals surface area contributed by atoms with Gasteiger partial charge >= 0.3 is 0 Å². The van der Waals surface area contributed by atoms with Crippen LogP contribution >= 0.6 is 15.9 Å². The molecule has 0 aliphatic heterocycles. The zero-order valence-electron chi connectivity index (χ0n) is 14.2. The molecule has 1 amide bonds. The van der Waals surface area contributed by atoms with Gasteiger partial charge in [-0.2, -0.15) is 0 Å². The average molecular weight is 423 g/mol. The van der Waals surface area contributed by atoms with Crippen LogP contribution in [0.2, 0.25) is 0 Å². The summed E-state index contributed by atoms with van der Waals surface area (Å²) >= 11 is 3.37. The van der Waals surface area contributed by atoms with Crippen LogP contribution in [0.4, 0.5) is 5.69 Å². The van der Waals surface area contributed by atoms with Crippen molar-refractivity contribution in [1.29, 1.82) is 0 Å². The second kappa shape index (κ2) is 7.20. The number of pyridine rings is 1. The summed E-state index contributed by atoms with van der Waals surface area (Å²) in [6.45, 7) is -0.0410. The van der Waals surface area contributed by atoms with E-state index in [1.165, 1.54) is 4.68 Å². The van der Waals surface area contributed by atoms with Crippen LogP contribution in [-0.4, -0.2) is 20.3 Å². The van der Waals surface area contributed by atoms with Crippen molar-refractivity contribution in [2.24, 2.45) is 0 Å². The van der Waals surface area contributed by atoms with Gasteiger partial charge in [-0.15, -0.1) is 0 Å². The second-order valence-electron chi connectivity index (χ2n) is 5.94. The van der Waals surface area contributed by atoms with E-state index in [0.717, 1.165) is 4.47 Å². The lowest BCUT2D eigenvalue weighted by Gasteiger charge is -2.12. The third-order valence-corrected chi connectivity index (χ3v) is 4.65. The Hall–Kier alpha value is -3.19. The summed E-state index contributed by atoms with van der Waals surface area (Å²) in [5.41, 5.74) is 1.62. The first kappa shape index (κ1) is 17.2. The highest BCUT2D eigenvalue weighted by atomic mass is 79.9. The zero-order valence-corrected chi connectivity index (χ0v) is 15.8. The molecule has 0 aliphatic rings. The molecule has 7 heteroatoms. The number of carbonyl (C=O) groups is 1. The molecule has 2 aromatic heterocycles. The van der Waals surface area contributed by atoms with Gasteiger partial charge in [-0.25, -0.2) is 9.67 Å². The monoisotopic (exact) mass is 422 g/mol. The van der Waals surface area contributed by atoms with Crippen LogP contribution in [0.3, 0.4) is 0 Å². The molecule has 4 aromatic rings. The van der Waals surface area contributed by atoms with E-state index >= 15 is 0 Å². The fourth-order valence-electron chi connectivity index (χ4n) is 2.93. The molecule has 134 valence electrons. The number of anilines is 1. The Bertz CT molecular complexity index is 1160. The van der Waals surface area contributed by atoms with E-state index in [0.29, 0.717) is 22.4 Å². The Morgan fingerprint density at radius 1 is 1.00 bits per heavy atom. The zero-order chi connectivity index (χ0) is 18.8. The average Bonchev–Trinajstić information content (AvgIpc) is 2.96. The van der Waals surface area contributed by atoms with Crippen LogP contribution in [0.5, 0.6) is 0 Å². The lowest BCUT2D eigenvalue weighted by atomic mass is 10.3. The minimum atomic E-state index is -0.246. The predicted octanol–water partition coefficient (Wildman–Crippen LogP) is 3.59. The van der Waals surface area contributed by atoms with Gasteiger partial charge in [0.05, 0.1) is 11.1 Å². The van der Waals surface area contributed by atoms with Crippen molar-refractivity contribution < 1.29 is 4.79 Å². The summed E-state index contributed by atoms with van der Waals surface area (Å²) in [5.74, 6) is -0.246. The summed E-state index contributed by atoms with van der Waals surface area (Å²) in [5, 5.41) is 3.32. The quantitative estimate of drug-likeness (QED) is 0.546. The lowest BCUT2D eigenvalue weighted by molar-refractivity contribution is -0.116. The number of halogens is 1. The highest BCUT2D eigenvalue weighted by molar-refractivity contribution is 9.10. The molecule has 0 atom stereocenters. The number of nitrogens with one attached hydrogen (secondary N) is 1. The third-order valence-electron chi connectivity index (χ3n) is 4.12. The third kappa shape index (κ3) is 3.41. The van der Waals surface area contributed by atoms with Crippen molar-refractivity contribution in [3.8, 4) is 5.69 Å². The first-order chi connectivity index (χ1) is 13.1. The van der Waals surface area contributed by atoms with E-state index in [-0.39, 0.29) is 18.0 Å². The Morgan fingerprint density at radius 3 is 2.48 bits per heavy atom. The molecule has 27 heavy (non-hydrogen) atoms. The number of aromatic nitrogens is 3.